The van der Waals surface area contributed by atoms with E-state index in [4.69, 9.17) is 18.5 Å². The molecular weight excluding hydrogens is 395 g/mol. The molecule has 0 aliphatic rings. The number of methoxy groups -OCH3 is 1. The van der Waals surface area contributed by atoms with Crippen molar-refractivity contribution in [3.8, 4) is 0 Å². The highest BCUT2D eigenvalue weighted by Gasteiger charge is 2.31. The Kier molecular flexibility index (Phi) is 8.87. The third-order valence-electron chi connectivity index (χ3n) is 2.96. The highest BCUT2D eigenvalue weighted by molar-refractivity contribution is 7.68. The number of hydrogen-bond acceptors (Lipinski definition) is 9. The van der Waals surface area contributed by atoms with Crippen molar-refractivity contribution in [3.63, 3.8) is 0 Å². The average molecular weight is 422 g/mol. The second-order valence-electron chi connectivity index (χ2n) is 6.35. The molecule has 1 N–H and O–H groups in total. The van der Waals surface area contributed by atoms with Gasteiger partial charge in [-0.25, -0.2) is 14.6 Å². The predicted octanol–water partition coefficient (Wildman–Crippen LogP) is 2.64. The van der Waals surface area contributed by atoms with Crippen molar-refractivity contribution in [1.82, 2.24) is 10.3 Å². The first-order valence-corrected chi connectivity index (χ1v) is 10.8. The zero-order valence-electron chi connectivity index (χ0n) is 16.4. The lowest BCUT2D eigenvalue weighted by Gasteiger charge is -2.22. The summed E-state index contributed by atoms with van der Waals surface area (Å²) in [7, 11) is -2.23. The average Bonchev–Trinajstić information content (AvgIpc) is 3.01. The van der Waals surface area contributed by atoms with E-state index >= 15 is 0 Å². The van der Waals surface area contributed by atoms with Gasteiger partial charge in [0.25, 0.3) is 0 Å². The second-order valence-corrected chi connectivity index (χ2v) is 9.76. The number of amides is 1. The summed E-state index contributed by atoms with van der Waals surface area (Å²) >= 11 is 1.09. The summed E-state index contributed by atoms with van der Waals surface area (Å²) < 4.78 is 33.6. The van der Waals surface area contributed by atoms with Crippen LogP contribution in [0.4, 0.5) is 4.79 Å². The number of alkyl carbamates (subject to hydrolysis) is 1. The van der Waals surface area contributed by atoms with Gasteiger partial charge in [0.15, 0.2) is 0 Å². The van der Waals surface area contributed by atoms with Gasteiger partial charge in [0.2, 0.25) is 0 Å². The molecular formula is C16H27N2O7PS. The third kappa shape index (κ3) is 7.57. The molecule has 1 rings (SSSR count). The maximum atomic E-state index is 12.8. The van der Waals surface area contributed by atoms with Crippen LogP contribution >= 0.6 is 18.9 Å². The number of nitrogens with one attached hydrogen (secondary N) is 1. The predicted molar refractivity (Wildman–Crippen MR) is 101 cm³/mol. The summed E-state index contributed by atoms with van der Waals surface area (Å²) in [4.78, 5) is 28.1. The van der Waals surface area contributed by atoms with Crippen molar-refractivity contribution in [2.75, 3.05) is 20.3 Å². The Labute approximate surface area is 163 Å². The molecule has 1 atom stereocenters. The molecule has 0 aliphatic heterocycles. The fourth-order valence-corrected chi connectivity index (χ4v) is 4.98. The molecule has 0 aliphatic carbocycles. The van der Waals surface area contributed by atoms with Crippen LogP contribution in [-0.4, -0.2) is 49.0 Å². The van der Waals surface area contributed by atoms with Gasteiger partial charge in [-0.15, -0.1) is 11.3 Å². The quantitative estimate of drug-likeness (QED) is 0.477. The number of hydrogen-bond donors (Lipinski definition) is 1. The molecule has 1 amide bonds. The Morgan fingerprint density at radius 1 is 1.26 bits per heavy atom. The van der Waals surface area contributed by atoms with Crippen LogP contribution in [0.5, 0.6) is 0 Å². The van der Waals surface area contributed by atoms with Gasteiger partial charge in [0.1, 0.15) is 16.3 Å². The maximum absolute atomic E-state index is 12.8. The van der Waals surface area contributed by atoms with Gasteiger partial charge < -0.3 is 23.8 Å². The van der Waals surface area contributed by atoms with Gasteiger partial charge in [-0.05, 0) is 34.6 Å². The Hall–Kier alpha value is -1.48. The van der Waals surface area contributed by atoms with Crippen molar-refractivity contribution in [2.45, 2.75) is 52.7 Å². The van der Waals surface area contributed by atoms with Gasteiger partial charge in [0, 0.05) is 6.42 Å². The van der Waals surface area contributed by atoms with E-state index in [1.54, 1.807) is 34.6 Å². The molecule has 1 aromatic rings. The number of carbonyl (C=O) groups excluding carboxylic acids is 2. The molecule has 1 heterocycles. The molecule has 11 heteroatoms. The molecule has 0 fully saturated rings. The van der Waals surface area contributed by atoms with Crippen LogP contribution in [0.2, 0.25) is 0 Å². The number of rotatable bonds is 9. The molecule has 0 radical (unpaired) electrons. The van der Waals surface area contributed by atoms with Crippen LogP contribution in [0.25, 0.3) is 0 Å². The van der Waals surface area contributed by atoms with Gasteiger partial charge in [-0.2, -0.15) is 0 Å². The zero-order valence-corrected chi connectivity index (χ0v) is 18.1. The van der Waals surface area contributed by atoms with Crippen LogP contribution < -0.4 is 9.94 Å². The molecule has 0 bridgehead atoms. The topological polar surface area (TPSA) is 113 Å². The van der Waals surface area contributed by atoms with Gasteiger partial charge >= 0.3 is 19.7 Å². The van der Waals surface area contributed by atoms with Crippen molar-refractivity contribution in [1.29, 1.82) is 0 Å². The molecule has 0 unspecified atom stereocenters. The lowest BCUT2D eigenvalue weighted by Crippen LogP contribution is -2.45. The Bertz CT molecular complexity index is 677. The van der Waals surface area contributed by atoms with Crippen LogP contribution in [0, 0.1) is 0 Å². The summed E-state index contributed by atoms with van der Waals surface area (Å²) in [5.74, 6) is -0.643. The Morgan fingerprint density at radius 3 is 2.33 bits per heavy atom. The van der Waals surface area contributed by atoms with E-state index in [0.717, 1.165) is 11.3 Å². The van der Waals surface area contributed by atoms with Crippen molar-refractivity contribution in [2.24, 2.45) is 0 Å². The minimum absolute atomic E-state index is 0.0504. The third-order valence-corrected chi connectivity index (χ3v) is 6.58. The first kappa shape index (κ1) is 23.6. The minimum atomic E-state index is -3.45. The van der Waals surface area contributed by atoms with Crippen molar-refractivity contribution >= 4 is 35.6 Å². The standard InChI is InChI=1S/C16H27N2O7PS/c1-7-23-26(21,24-8-2)13-10-17-12(27-13)9-11(14(19)22-6)18-15(20)25-16(3,4)5/h10-11H,7-9H2,1-6H3,(H,18,20)/t11-/m0/s1. The lowest BCUT2D eigenvalue weighted by atomic mass is 10.2. The molecule has 0 spiro atoms. The number of carbonyl (C=O) groups is 2. The van der Waals surface area contributed by atoms with Crippen LogP contribution in [0.3, 0.4) is 0 Å². The van der Waals surface area contributed by atoms with Crippen molar-refractivity contribution < 1.29 is 32.7 Å². The monoisotopic (exact) mass is 422 g/mol. The van der Waals surface area contributed by atoms with Gasteiger partial charge in [0.05, 0.1) is 31.5 Å². The van der Waals surface area contributed by atoms with Crippen LogP contribution in [-0.2, 0) is 34.3 Å². The number of thiazole rings is 1. The van der Waals surface area contributed by atoms with E-state index < -0.39 is 31.3 Å². The smallest absolute Gasteiger partial charge is 0.408 e. The molecule has 0 saturated carbocycles. The largest absolute Gasteiger partial charge is 0.467 e. The van der Waals surface area contributed by atoms with Gasteiger partial charge in [-0.3, -0.25) is 4.57 Å². The number of ether oxygens (including phenoxy) is 2. The molecule has 0 aromatic carbocycles. The van der Waals surface area contributed by atoms with Crippen molar-refractivity contribution in [3.05, 3.63) is 11.2 Å². The second kappa shape index (κ2) is 10.2. The lowest BCUT2D eigenvalue weighted by molar-refractivity contribution is -0.143. The summed E-state index contributed by atoms with van der Waals surface area (Å²) in [6.45, 7) is 9.01. The fraction of sp³-hybridized carbons (Fsp3) is 0.688. The highest BCUT2D eigenvalue weighted by Crippen LogP contribution is 2.48. The van der Waals surface area contributed by atoms with Gasteiger partial charge in [-0.1, -0.05) is 0 Å². The van der Waals surface area contributed by atoms with E-state index in [-0.39, 0.29) is 19.6 Å². The Balaban J connectivity index is 2.94. The summed E-state index contributed by atoms with van der Waals surface area (Å²) in [6.07, 6.45) is 0.701. The van der Waals surface area contributed by atoms with E-state index in [2.05, 4.69) is 10.3 Å². The van der Waals surface area contributed by atoms with E-state index in [1.165, 1.54) is 13.3 Å². The molecule has 27 heavy (non-hydrogen) atoms. The highest BCUT2D eigenvalue weighted by atomic mass is 32.1. The summed E-state index contributed by atoms with van der Waals surface area (Å²) in [5.41, 5.74) is -0.708. The van der Waals surface area contributed by atoms with E-state index in [9.17, 15) is 14.2 Å². The number of nitrogens with zero attached hydrogens (tertiary/aromatic N) is 1. The van der Waals surface area contributed by atoms with Crippen LogP contribution in [0.15, 0.2) is 6.20 Å². The minimum Gasteiger partial charge on any atom is -0.467 e. The first-order chi connectivity index (χ1) is 12.5. The summed E-state index contributed by atoms with van der Waals surface area (Å²) in [5, 5.41) is 2.94. The number of esters is 1. The fourth-order valence-electron chi connectivity index (χ4n) is 1.99. The molecule has 1 aromatic heterocycles. The maximum Gasteiger partial charge on any atom is 0.408 e. The molecule has 154 valence electrons. The summed E-state index contributed by atoms with van der Waals surface area (Å²) in [6, 6.07) is -0.998. The van der Waals surface area contributed by atoms with E-state index in [0.29, 0.717) is 9.63 Å². The SMILES string of the molecule is CCOP(=O)(OCC)c1cnc(C[C@H](NC(=O)OC(C)(C)C)C(=O)OC)s1. The van der Waals surface area contributed by atoms with E-state index in [1.807, 2.05) is 0 Å². The molecule has 0 saturated heterocycles. The molecule has 9 nitrogen and oxygen atoms in total. The number of aromatic nitrogens is 1. The Morgan fingerprint density at radius 2 is 1.85 bits per heavy atom. The first-order valence-electron chi connectivity index (χ1n) is 8.46. The zero-order chi connectivity index (χ0) is 20.7. The van der Waals surface area contributed by atoms with Crippen LogP contribution in [0.1, 0.15) is 39.6 Å². The normalized spacial score (nSPS) is 13.1.